The van der Waals surface area contributed by atoms with Crippen molar-refractivity contribution >= 4 is 59.2 Å². The molecule has 13 heteroatoms. The third kappa shape index (κ3) is 5.61. The van der Waals surface area contributed by atoms with E-state index >= 15 is 0 Å². The first-order valence-electron chi connectivity index (χ1n) is 11.7. The molecule has 0 fully saturated rings. The SMILES string of the molecule is C=CS(=O)(=O)c1ccc(N=Nc2c(S(=O)(=O)O)cc3cc(C)c(N=Nc4ccc(C)cc4C)c(N)c3c2O)cc1. The smallest absolute Gasteiger partial charge is 0.296 e. The quantitative estimate of drug-likeness (QED) is 0.119. The lowest BCUT2D eigenvalue weighted by Gasteiger charge is -2.13. The highest BCUT2D eigenvalue weighted by molar-refractivity contribution is 7.94. The summed E-state index contributed by atoms with van der Waals surface area (Å²) >= 11 is 0. The Kier molecular flexibility index (Phi) is 7.57. The van der Waals surface area contributed by atoms with E-state index in [0.29, 0.717) is 11.3 Å². The first-order valence-corrected chi connectivity index (χ1v) is 14.7. The van der Waals surface area contributed by atoms with Gasteiger partial charge in [0.15, 0.2) is 15.6 Å². The van der Waals surface area contributed by atoms with Crippen LogP contribution in [0.15, 0.2) is 96.8 Å². The largest absolute Gasteiger partial charge is 0.505 e. The summed E-state index contributed by atoms with van der Waals surface area (Å²) in [6.45, 7) is 8.81. The standard InChI is InChI=1S/C27H25N5O6S2/c1-5-39(34,35)20-9-7-19(8-10-20)29-32-26-22(40(36,37)38)14-18-13-17(4)25(24(28)23(18)27(26)33)31-30-21-11-6-15(2)12-16(21)3/h5-14,33H,1,28H2,2-4H3,(H,36,37,38). The molecular weight excluding hydrogens is 554 g/mol. The number of anilines is 1. The molecule has 4 aromatic carbocycles. The summed E-state index contributed by atoms with van der Waals surface area (Å²) in [6.07, 6.45) is 0. The fraction of sp³-hybridized carbons (Fsp3) is 0.111. The molecule has 0 aromatic heterocycles. The van der Waals surface area contributed by atoms with Crippen LogP contribution in [0.2, 0.25) is 0 Å². The zero-order chi connectivity index (χ0) is 29.4. The number of sulfone groups is 1. The number of hydrogen-bond acceptors (Lipinski definition) is 10. The first kappa shape index (κ1) is 28.5. The van der Waals surface area contributed by atoms with E-state index in [4.69, 9.17) is 5.73 Å². The molecule has 0 bridgehead atoms. The van der Waals surface area contributed by atoms with Crippen molar-refractivity contribution in [2.45, 2.75) is 30.6 Å². The van der Waals surface area contributed by atoms with Crippen molar-refractivity contribution in [3.63, 3.8) is 0 Å². The summed E-state index contributed by atoms with van der Waals surface area (Å²) in [5.41, 5.74) is 9.37. The first-order chi connectivity index (χ1) is 18.7. The number of azo groups is 2. The van der Waals surface area contributed by atoms with Gasteiger partial charge in [0.2, 0.25) is 0 Å². The monoisotopic (exact) mass is 579 g/mol. The van der Waals surface area contributed by atoms with Crippen LogP contribution in [0.4, 0.5) is 28.4 Å². The highest BCUT2D eigenvalue weighted by Crippen LogP contribution is 2.47. The summed E-state index contributed by atoms with van der Waals surface area (Å²) in [4.78, 5) is -0.727. The normalized spacial score (nSPS) is 12.5. The van der Waals surface area contributed by atoms with E-state index in [-0.39, 0.29) is 32.7 Å². The fourth-order valence-corrected chi connectivity index (χ4v) is 5.40. The maximum absolute atomic E-state index is 12.2. The number of aryl methyl sites for hydroxylation is 3. The Hall–Kier alpha value is -4.46. The second kappa shape index (κ2) is 10.6. The van der Waals surface area contributed by atoms with E-state index in [2.05, 4.69) is 27.0 Å². The number of rotatable bonds is 7. The number of hydrogen-bond donors (Lipinski definition) is 3. The van der Waals surface area contributed by atoms with Gasteiger partial charge in [-0.3, -0.25) is 4.55 Å². The molecule has 0 saturated carbocycles. The van der Waals surface area contributed by atoms with Crippen LogP contribution in [0, 0.1) is 20.8 Å². The van der Waals surface area contributed by atoms with E-state index in [0.717, 1.165) is 22.6 Å². The summed E-state index contributed by atoms with van der Waals surface area (Å²) in [5.74, 6) is -0.653. The molecule has 4 aromatic rings. The zero-order valence-corrected chi connectivity index (χ0v) is 23.3. The molecule has 4 N–H and O–H groups in total. The molecule has 0 radical (unpaired) electrons. The second-order valence-corrected chi connectivity index (χ2v) is 12.3. The highest BCUT2D eigenvalue weighted by Gasteiger charge is 2.24. The van der Waals surface area contributed by atoms with Crippen molar-refractivity contribution in [2.75, 3.05) is 5.73 Å². The number of nitrogens with two attached hydrogens (primary N) is 1. The van der Waals surface area contributed by atoms with Gasteiger partial charge in [-0.1, -0.05) is 24.3 Å². The fourth-order valence-electron chi connectivity index (χ4n) is 4.04. The van der Waals surface area contributed by atoms with Crippen LogP contribution in [-0.2, 0) is 20.0 Å². The number of nitrogen functional groups attached to an aromatic ring is 1. The molecule has 0 aliphatic rings. The number of phenols is 1. The number of nitrogens with zero attached hydrogens (tertiary/aromatic N) is 4. The van der Waals surface area contributed by atoms with Gasteiger partial charge in [0.1, 0.15) is 16.3 Å². The van der Waals surface area contributed by atoms with Gasteiger partial charge in [-0.25, -0.2) is 8.42 Å². The molecule has 0 atom stereocenters. The lowest BCUT2D eigenvalue weighted by molar-refractivity contribution is 0.472. The summed E-state index contributed by atoms with van der Waals surface area (Å²) < 4.78 is 58.1. The molecule has 0 unspecified atom stereocenters. The predicted octanol–water partition coefficient (Wildman–Crippen LogP) is 7.05. The van der Waals surface area contributed by atoms with Crippen LogP contribution in [0.1, 0.15) is 16.7 Å². The van der Waals surface area contributed by atoms with Gasteiger partial charge in [0.25, 0.3) is 10.1 Å². The van der Waals surface area contributed by atoms with Gasteiger partial charge >= 0.3 is 0 Å². The Morgan fingerprint density at radius 3 is 2.08 bits per heavy atom. The van der Waals surface area contributed by atoms with Gasteiger partial charge in [-0.2, -0.15) is 18.6 Å². The third-order valence-electron chi connectivity index (χ3n) is 6.08. The summed E-state index contributed by atoms with van der Waals surface area (Å²) in [6, 6.07) is 13.5. The van der Waals surface area contributed by atoms with Crippen LogP contribution < -0.4 is 5.73 Å². The number of fused-ring (bicyclic) bond motifs is 1. The zero-order valence-electron chi connectivity index (χ0n) is 21.7. The Labute approximate surface area is 231 Å². The van der Waals surface area contributed by atoms with Crippen LogP contribution in [-0.4, -0.2) is 26.5 Å². The van der Waals surface area contributed by atoms with Crippen LogP contribution >= 0.6 is 0 Å². The van der Waals surface area contributed by atoms with E-state index in [1.54, 1.807) is 13.0 Å². The minimum atomic E-state index is -4.86. The molecule has 0 spiro atoms. The van der Waals surface area contributed by atoms with E-state index in [1.165, 1.54) is 24.3 Å². The Morgan fingerprint density at radius 2 is 1.48 bits per heavy atom. The molecule has 0 amide bonds. The summed E-state index contributed by atoms with van der Waals surface area (Å²) in [7, 11) is -8.53. The lowest BCUT2D eigenvalue weighted by atomic mass is 10.0. The molecule has 4 rings (SSSR count). The van der Waals surface area contributed by atoms with Gasteiger partial charge in [-0.05, 0) is 79.7 Å². The van der Waals surface area contributed by atoms with Crippen LogP contribution in [0.25, 0.3) is 10.8 Å². The van der Waals surface area contributed by atoms with Crippen molar-refractivity contribution in [1.82, 2.24) is 0 Å². The Balaban J connectivity index is 1.87. The molecule has 11 nitrogen and oxygen atoms in total. The molecule has 0 saturated heterocycles. The molecular formula is C27H25N5O6S2. The van der Waals surface area contributed by atoms with Crippen molar-refractivity contribution in [1.29, 1.82) is 0 Å². The Morgan fingerprint density at radius 1 is 0.825 bits per heavy atom. The predicted molar refractivity (Wildman–Crippen MR) is 153 cm³/mol. The van der Waals surface area contributed by atoms with Gasteiger partial charge in [-0.15, -0.1) is 10.2 Å². The van der Waals surface area contributed by atoms with Crippen molar-refractivity contribution in [3.05, 3.63) is 83.3 Å². The topological polar surface area (TPSA) is 184 Å². The van der Waals surface area contributed by atoms with Crippen molar-refractivity contribution in [2.24, 2.45) is 20.5 Å². The van der Waals surface area contributed by atoms with Gasteiger partial charge in [0, 0.05) is 5.41 Å². The van der Waals surface area contributed by atoms with Crippen LogP contribution in [0.3, 0.4) is 0 Å². The van der Waals surface area contributed by atoms with Gasteiger partial charge in [0.05, 0.1) is 27.3 Å². The minimum absolute atomic E-state index is 0.0123. The van der Waals surface area contributed by atoms with Crippen molar-refractivity contribution < 1.29 is 26.5 Å². The van der Waals surface area contributed by atoms with E-state index in [1.807, 2.05) is 32.0 Å². The summed E-state index contributed by atoms with van der Waals surface area (Å²) in [5, 5.41) is 28.6. The van der Waals surface area contributed by atoms with Crippen LogP contribution in [0.5, 0.6) is 5.75 Å². The van der Waals surface area contributed by atoms with E-state index < -0.39 is 36.3 Å². The molecule has 0 heterocycles. The average molecular weight is 580 g/mol. The number of phenolic OH excluding ortho intramolecular Hbond substituents is 1. The minimum Gasteiger partial charge on any atom is -0.505 e. The average Bonchev–Trinajstić information content (AvgIpc) is 2.88. The lowest BCUT2D eigenvalue weighted by Crippen LogP contribution is -2.00. The molecule has 0 aliphatic heterocycles. The molecule has 206 valence electrons. The Bertz CT molecular complexity index is 1950. The maximum atomic E-state index is 12.2. The second-order valence-electron chi connectivity index (χ2n) is 9.00. The highest BCUT2D eigenvalue weighted by atomic mass is 32.2. The van der Waals surface area contributed by atoms with E-state index in [9.17, 15) is 26.5 Å². The maximum Gasteiger partial charge on any atom is 0.296 e. The molecule has 0 aliphatic carbocycles. The molecule has 40 heavy (non-hydrogen) atoms. The van der Waals surface area contributed by atoms with Gasteiger partial charge < -0.3 is 10.8 Å². The third-order valence-corrected chi connectivity index (χ3v) is 8.31. The number of aromatic hydroxyl groups is 1. The van der Waals surface area contributed by atoms with Crippen molar-refractivity contribution in [3.8, 4) is 5.75 Å². The number of benzene rings is 4.